The molecule has 1 atom stereocenters. The molecule has 0 aliphatic heterocycles. The molecule has 0 heterocycles. The number of nitriles is 1. The van der Waals surface area contributed by atoms with Crippen LogP contribution in [0.4, 0.5) is 10.1 Å². The summed E-state index contributed by atoms with van der Waals surface area (Å²) in [6.45, 7) is 0.895. The molecule has 7 nitrogen and oxygen atoms in total. The van der Waals surface area contributed by atoms with Crippen LogP contribution in [0, 0.1) is 17.1 Å². The Bertz CT molecular complexity index is 908. The number of carbonyl (C=O) groups is 3. The van der Waals surface area contributed by atoms with Gasteiger partial charge in [-0.1, -0.05) is 12.1 Å². The minimum absolute atomic E-state index is 0.0611. The van der Waals surface area contributed by atoms with Crippen LogP contribution in [0.25, 0.3) is 0 Å². The lowest BCUT2D eigenvalue weighted by Gasteiger charge is -2.14. The first kappa shape index (κ1) is 19.6. The second kappa shape index (κ2) is 9.10. The van der Waals surface area contributed by atoms with Crippen LogP contribution in [0.15, 0.2) is 48.5 Å². The number of anilines is 1. The van der Waals surface area contributed by atoms with Crippen molar-refractivity contribution in [2.45, 2.75) is 13.0 Å². The van der Waals surface area contributed by atoms with Crippen molar-refractivity contribution in [2.75, 3.05) is 11.9 Å². The van der Waals surface area contributed by atoms with Crippen molar-refractivity contribution in [2.24, 2.45) is 0 Å². The summed E-state index contributed by atoms with van der Waals surface area (Å²) < 4.78 is 18.0. The van der Waals surface area contributed by atoms with Crippen molar-refractivity contribution in [1.29, 1.82) is 5.26 Å². The lowest BCUT2D eigenvalue weighted by molar-refractivity contribution is -0.152. The summed E-state index contributed by atoms with van der Waals surface area (Å²) in [7, 11) is 0. The highest BCUT2D eigenvalue weighted by Crippen LogP contribution is 2.10. The molecule has 0 saturated heterocycles. The van der Waals surface area contributed by atoms with E-state index in [9.17, 15) is 18.8 Å². The highest BCUT2D eigenvalue weighted by molar-refractivity contribution is 5.97. The maximum Gasteiger partial charge on any atom is 0.326 e. The Kier molecular flexibility index (Phi) is 6.61. The van der Waals surface area contributed by atoms with Gasteiger partial charge in [0.15, 0.2) is 6.10 Å². The molecule has 0 bridgehead atoms. The van der Waals surface area contributed by atoms with E-state index in [0.717, 1.165) is 6.07 Å². The highest BCUT2D eigenvalue weighted by Gasteiger charge is 2.18. The Morgan fingerprint density at radius 1 is 1.19 bits per heavy atom. The van der Waals surface area contributed by atoms with E-state index < -0.39 is 36.2 Å². The van der Waals surface area contributed by atoms with Gasteiger partial charge in [-0.25, -0.2) is 4.39 Å². The van der Waals surface area contributed by atoms with Crippen LogP contribution in [0.5, 0.6) is 0 Å². The number of hydrogen-bond acceptors (Lipinski definition) is 5. The van der Waals surface area contributed by atoms with Crippen LogP contribution in [0.3, 0.4) is 0 Å². The first-order valence-electron chi connectivity index (χ1n) is 7.93. The zero-order chi connectivity index (χ0) is 19.8. The molecular weight excluding hydrogens is 353 g/mol. The summed E-state index contributed by atoms with van der Waals surface area (Å²) in [6, 6.07) is 13.2. The largest absolute Gasteiger partial charge is 0.451 e. The summed E-state index contributed by atoms with van der Waals surface area (Å²) in [4.78, 5) is 35.7. The number of nitrogens with zero attached hydrogens (tertiary/aromatic N) is 1. The summed E-state index contributed by atoms with van der Waals surface area (Å²) in [5.41, 5.74) is 0.824. The van der Waals surface area contributed by atoms with Gasteiger partial charge >= 0.3 is 5.97 Å². The number of nitrogens with one attached hydrogen (secondary N) is 2. The highest BCUT2D eigenvalue weighted by atomic mass is 19.1. The molecule has 2 rings (SSSR count). The zero-order valence-electron chi connectivity index (χ0n) is 14.4. The topological polar surface area (TPSA) is 108 Å². The van der Waals surface area contributed by atoms with Gasteiger partial charge in [-0.05, 0) is 43.3 Å². The summed E-state index contributed by atoms with van der Waals surface area (Å²) in [5, 5.41) is 13.6. The fourth-order valence-electron chi connectivity index (χ4n) is 2.09. The number of carbonyl (C=O) groups excluding carboxylic acids is 3. The third kappa shape index (κ3) is 5.93. The molecule has 8 heteroatoms. The molecule has 27 heavy (non-hydrogen) atoms. The predicted octanol–water partition coefficient (Wildman–Crippen LogP) is 2.00. The number of benzene rings is 2. The van der Waals surface area contributed by atoms with Gasteiger partial charge in [0.25, 0.3) is 11.8 Å². The summed E-state index contributed by atoms with van der Waals surface area (Å²) >= 11 is 0. The molecule has 0 spiro atoms. The molecule has 0 saturated carbocycles. The molecule has 2 amide bonds. The minimum atomic E-state index is -1.12. The van der Waals surface area contributed by atoms with E-state index in [4.69, 9.17) is 10.00 Å². The lowest BCUT2D eigenvalue weighted by Crippen LogP contribution is -2.35. The molecule has 0 aliphatic rings. The Morgan fingerprint density at radius 3 is 2.63 bits per heavy atom. The van der Waals surface area contributed by atoms with Gasteiger partial charge in [0.1, 0.15) is 12.4 Å². The molecule has 0 aliphatic carbocycles. The van der Waals surface area contributed by atoms with E-state index in [2.05, 4.69) is 10.6 Å². The lowest BCUT2D eigenvalue weighted by atomic mass is 10.2. The van der Waals surface area contributed by atoms with Gasteiger partial charge in [-0.15, -0.1) is 0 Å². The summed E-state index contributed by atoms with van der Waals surface area (Å²) in [5.74, 6) is -2.63. The quantitative estimate of drug-likeness (QED) is 0.757. The van der Waals surface area contributed by atoms with Crippen LogP contribution in [0.1, 0.15) is 22.8 Å². The smallest absolute Gasteiger partial charge is 0.326 e. The fourth-order valence-corrected chi connectivity index (χ4v) is 2.09. The Balaban J connectivity index is 1.83. The van der Waals surface area contributed by atoms with E-state index in [1.54, 1.807) is 18.2 Å². The van der Waals surface area contributed by atoms with Crippen molar-refractivity contribution in [3.05, 3.63) is 65.5 Å². The van der Waals surface area contributed by atoms with Crippen molar-refractivity contribution in [1.82, 2.24) is 5.32 Å². The number of esters is 1. The number of hydrogen-bond donors (Lipinski definition) is 2. The first-order valence-corrected chi connectivity index (χ1v) is 7.93. The zero-order valence-corrected chi connectivity index (χ0v) is 14.4. The van der Waals surface area contributed by atoms with Crippen LogP contribution < -0.4 is 10.6 Å². The number of rotatable bonds is 6. The average Bonchev–Trinajstić information content (AvgIpc) is 2.66. The molecular formula is C19H16FN3O4. The Labute approximate surface area is 154 Å². The average molecular weight is 369 g/mol. The van der Waals surface area contributed by atoms with Gasteiger partial charge in [0.05, 0.1) is 11.6 Å². The monoisotopic (exact) mass is 369 g/mol. The molecule has 0 unspecified atom stereocenters. The van der Waals surface area contributed by atoms with Gasteiger partial charge in [-0.2, -0.15) is 5.26 Å². The van der Waals surface area contributed by atoms with E-state index in [1.807, 2.05) is 6.07 Å². The van der Waals surface area contributed by atoms with Gasteiger partial charge in [0.2, 0.25) is 0 Å². The molecule has 0 fully saturated rings. The molecule has 2 aromatic carbocycles. The van der Waals surface area contributed by atoms with Crippen molar-refractivity contribution in [3.63, 3.8) is 0 Å². The third-order valence-corrected chi connectivity index (χ3v) is 3.42. The fraction of sp³-hybridized carbons (Fsp3) is 0.158. The molecule has 138 valence electrons. The SMILES string of the molecule is C[C@@H](OC(=O)CNC(=O)c1cccc(F)c1)C(=O)Nc1cccc(C#N)c1. The van der Waals surface area contributed by atoms with Crippen LogP contribution in [-0.4, -0.2) is 30.4 Å². The number of amides is 2. The second-order valence-corrected chi connectivity index (χ2v) is 5.51. The molecule has 0 aromatic heterocycles. The van der Waals surface area contributed by atoms with Crippen LogP contribution in [0.2, 0.25) is 0 Å². The van der Waals surface area contributed by atoms with Crippen LogP contribution >= 0.6 is 0 Å². The Morgan fingerprint density at radius 2 is 1.93 bits per heavy atom. The maximum atomic E-state index is 13.1. The number of halogens is 1. The third-order valence-electron chi connectivity index (χ3n) is 3.42. The van der Waals surface area contributed by atoms with Crippen molar-refractivity contribution >= 4 is 23.5 Å². The summed E-state index contributed by atoms with van der Waals surface area (Å²) in [6.07, 6.45) is -1.12. The Hall–Kier alpha value is -3.73. The van der Waals surface area contributed by atoms with Gasteiger partial charge in [0, 0.05) is 11.3 Å². The normalized spacial score (nSPS) is 11.0. The standard InChI is InChI=1S/C19H16FN3O4/c1-12(18(25)23-16-7-2-4-13(8-16)10-21)27-17(24)11-22-19(26)14-5-3-6-15(20)9-14/h2-9,12H,11H2,1H3,(H,22,26)(H,23,25)/t12-/m1/s1. The number of ether oxygens (including phenoxy) is 1. The minimum Gasteiger partial charge on any atom is -0.451 e. The van der Waals surface area contributed by atoms with Crippen molar-refractivity contribution < 1.29 is 23.5 Å². The first-order chi connectivity index (χ1) is 12.9. The molecule has 2 N–H and O–H groups in total. The van der Waals surface area contributed by atoms with Gasteiger partial charge < -0.3 is 15.4 Å². The van der Waals surface area contributed by atoms with E-state index in [1.165, 1.54) is 31.2 Å². The maximum absolute atomic E-state index is 13.1. The molecule has 0 radical (unpaired) electrons. The van der Waals surface area contributed by atoms with Crippen LogP contribution in [-0.2, 0) is 14.3 Å². The van der Waals surface area contributed by atoms with Gasteiger partial charge in [-0.3, -0.25) is 14.4 Å². The van der Waals surface area contributed by atoms with E-state index in [0.29, 0.717) is 11.3 Å². The predicted molar refractivity (Wildman–Crippen MR) is 94.1 cm³/mol. The van der Waals surface area contributed by atoms with E-state index in [-0.39, 0.29) is 5.56 Å². The second-order valence-electron chi connectivity index (χ2n) is 5.51. The van der Waals surface area contributed by atoms with Crippen molar-refractivity contribution in [3.8, 4) is 6.07 Å². The molecule has 2 aromatic rings. The van der Waals surface area contributed by atoms with E-state index >= 15 is 0 Å².